The standard InChI is InChI=1S/C12H15N3/c1-2-7-15-9-11(14-12(15)5-1)8-10-4-3-6-13-10/h1-2,5,7,9-10,13H,3-4,6,8H2. The minimum atomic E-state index is 0.634. The van der Waals surface area contributed by atoms with E-state index in [1.54, 1.807) is 0 Å². The van der Waals surface area contributed by atoms with E-state index in [1.165, 1.54) is 18.5 Å². The highest BCUT2D eigenvalue weighted by Crippen LogP contribution is 2.12. The van der Waals surface area contributed by atoms with Gasteiger partial charge in [0.2, 0.25) is 0 Å². The zero-order chi connectivity index (χ0) is 10.1. The zero-order valence-corrected chi connectivity index (χ0v) is 8.69. The molecule has 1 aliphatic rings. The quantitative estimate of drug-likeness (QED) is 0.800. The lowest BCUT2D eigenvalue weighted by Gasteiger charge is -2.06. The maximum absolute atomic E-state index is 4.60. The summed E-state index contributed by atoms with van der Waals surface area (Å²) < 4.78 is 2.09. The summed E-state index contributed by atoms with van der Waals surface area (Å²) in [7, 11) is 0. The van der Waals surface area contributed by atoms with E-state index in [-0.39, 0.29) is 0 Å². The first-order chi connectivity index (χ1) is 7.42. The van der Waals surface area contributed by atoms with E-state index >= 15 is 0 Å². The van der Waals surface area contributed by atoms with Crippen molar-refractivity contribution in [3.63, 3.8) is 0 Å². The molecule has 3 heterocycles. The monoisotopic (exact) mass is 201 g/mol. The Morgan fingerprint density at radius 3 is 3.27 bits per heavy atom. The lowest BCUT2D eigenvalue weighted by molar-refractivity contribution is 0.597. The number of imidazole rings is 1. The Kier molecular flexibility index (Phi) is 2.18. The number of fused-ring (bicyclic) bond motifs is 1. The van der Waals surface area contributed by atoms with Crippen LogP contribution < -0.4 is 5.32 Å². The van der Waals surface area contributed by atoms with Gasteiger partial charge in [0.25, 0.3) is 0 Å². The van der Waals surface area contributed by atoms with Crippen LogP contribution in [0.1, 0.15) is 18.5 Å². The minimum Gasteiger partial charge on any atom is -0.314 e. The van der Waals surface area contributed by atoms with Crippen LogP contribution in [0.3, 0.4) is 0 Å². The highest BCUT2D eigenvalue weighted by molar-refractivity contribution is 5.39. The Labute approximate surface area is 89.1 Å². The maximum Gasteiger partial charge on any atom is 0.136 e. The number of pyridine rings is 1. The molecule has 3 rings (SSSR count). The normalized spacial score (nSPS) is 21.2. The van der Waals surface area contributed by atoms with Crippen LogP contribution in [-0.2, 0) is 6.42 Å². The third-order valence-corrected chi connectivity index (χ3v) is 3.03. The summed E-state index contributed by atoms with van der Waals surface area (Å²) in [6.45, 7) is 1.16. The molecule has 15 heavy (non-hydrogen) atoms. The fourth-order valence-corrected chi connectivity index (χ4v) is 2.27. The molecule has 1 atom stereocenters. The molecule has 0 saturated carbocycles. The van der Waals surface area contributed by atoms with Gasteiger partial charge in [-0.25, -0.2) is 4.98 Å². The summed E-state index contributed by atoms with van der Waals surface area (Å²) in [5, 5.41) is 3.50. The molecule has 0 bridgehead atoms. The smallest absolute Gasteiger partial charge is 0.136 e. The van der Waals surface area contributed by atoms with Crippen LogP contribution in [0.5, 0.6) is 0 Å². The van der Waals surface area contributed by atoms with Crippen LogP contribution in [0.15, 0.2) is 30.6 Å². The molecular weight excluding hydrogens is 186 g/mol. The maximum atomic E-state index is 4.60. The second-order valence-electron chi connectivity index (χ2n) is 4.20. The largest absolute Gasteiger partial charge is 0.314 e. The molecule has 1 unspecified atom stereocenters. The van der Waals surface area contributed by atoms with Gasteiger partial charge in [0.05, 0.1) is 5.69 Å². The molecule has 1 aliphatic heterocycles. The Balaban J connectivity index is 1.84. The third-order valence-electron chi connectivity index (χ3n) is 3.03. The third kappa shape index (κ3) is 1.75. The molecule has 1 saturated heterocycles. The zero-order valence-electron chi connectivity index (χ0n) is 8.69. The minimum absolute atomic E-state index is 0.634. The lowest BCUT2D eigenvalue weighted by atomic mass is 10.1. The van der Waals surface area contributed by atoms with Gasteiger partial charge >= 0.3 is 0 Å². The summed E-state index contributed by atoms with van der Waals surface area (Å²) in [6.07, 6.45) is 7.83. The van der Waals surface area contributed by atoms with Crippen molar-refractivity contribution in [1.82, 2.24) is 14.7 Å². The van der Waals surface area contributed by atoms with E-state index in [9.17, 15) is 0 Å². The van der Waals surface area contributed by atoms with Gasteiger partial charge in [0.1, 0.15) is 5.65 Å². The van der Waals surface area contributed by atoms with E-state index in [4.69, 9.17) is 0 Å². The molecule has 2 aromatic rings. The van der Waals surface area contributed by atoms with E-state index in [0.29, 0.717) is 6.04 Å². The van der Waals surface area contributed by atoms with Crippen LogP contribution in [0.2, 0.25) is 0 Å². The number of rotatable bonds is 2. The number of hydrogen-bond acceptors (Lipinski definition) is 2. The fraction of sp³-hybridized carbons (Fsp3) is 0.417. The van der Waals surface area contributed by atoms with Crippen LogP contribution in [-0.4, -0.2) is 22.0 Å². The van der Waals surface area contributed by atoms with Gasteiger partial charge in [0, 0.05) is 24.9 Å². The van der Waals surface area contributed by atoms with Gasteiger partial charge in [-0.3, -0.25) is 0 Å². The van der Waals surface area contributed by atoms with Crippen molar-refractivity contribution in [2.75, 3.05) is 6.54 Å². The second kappa shape index (κ2) is 3.66. The Bertz CT molecular complexity index is 422. The molecule has 0 aromatic carbocycles. The predicted octanol–water partition coefficient (Wildman–Crippen LogP) is 1.63. The van der Waals surface area contributed by atoms with E-state index < -0.39 is 0 Å². The van der Waals surface area contributed by atoms with E-state index in [0.717, 1.165) is 18.6 Å². The summed E-state index contributed by atoms with van der Waals surface area (Å²) >= 11 is 0. The molecule has 0 amide bonds. The van der Waals surface area contributed by atoms with Crippen LogP contribution >= 0.6 is 0 Å². The molecule has 0 radical (unpaired) electrons. The summed E-state index contributed by atoms with van der Waals surface area (Å²) in [5.74, 6) is 0. The highest BCUT2D eigenvalue weighted by atomic mass is 15.0. The molecular formula is C12H15N3. The Morgan fingerprint density at radius 1 is 1.47 bits per heavy atom. The molecule has 3 nitrogen and oxygen atoms in total. The van der Waals surface area contributed by atoms with Crippen LogP contribution in [0, 0.1) is 0 Å². The van der Waals surface area contributed by atoms with Crippen molar-refractivity contribution >= 4 is 5.65 Å². The number of hydrogen-bond donors (Lipinski definition) is 1. The summed E-state index contributed by atoms with van der Waals surface area (Å²) in [6, 6.07) is 6.74. The first-order valence-corrected chi connectivity index (χ1v) is 5.58. The van der Waals surface area contributed by atoms with Gasteiger partial charge in [0.15, 0.2) is 0 Å². The first kappa shape index (κ1) is 8.92. The van der Waals surface area contributed by atoms with Crippen molar-refractivity contribution in [3.05, 3.63) is 36.3 Å². The molecule has 0 aliphatic carbocycles. The van der Waals surface area contributed by atoms with Crippen molar-refractivity contribution < 1.29 is 0 Å². The molecule has 3 heteroatoms. The van der Waals surface area contributed by atoms with E-state index in [2.05, 4.69) is 20.9 Å². The Hall–Kier alpha value is -1.35. The summed E-state index contributed by atoms with van der Waals surface area (Å²) in [5.41, 5.74) is 2.24. The fourth-order valence-electron chi connectivity index (χ4n) is 2.27. The van der Waals surface area contributed by atoms with Crippen molar-refractivity contribution in [2.45, 2.75) is 25.3 Å². The van der Waals surface area contributed by atoms with Crippen LogP contribution in [0.4, 0.5) is 0 Å². The van der Waals surface area contributed by atoms with Crippen molar-refractivity contribution in [1.29, 1.82) is 0 Å². The second-order valence-corrected chi connectivity index (χ2v) is 4.20. The van der Waals surface area contributed by atoms with Gasteiger partial charge in [-0.15, -0.1) is 0 Å². The molecule has 1 N–H and O–H groups in total. The van der Waals surface area contributed by atoms with Crippen LogP contribution in [0.25, 0.3) is 5.65 Å². The van der Waals surface area contributed by atoms with Gasteiger partial charge in [-0.2, -0.15) is 0 Å². The SMILES string of the molecule is c1ccn2cc(CC3CCCN3)nc2c1. The average molecular weight is 201 g/mol. The van der Waals surface area contributed by atoms with Gasteiger partial charge < -0.3 is 9.72 Å². The van der Waals surface area contributed by atoms with Gasteiger partial charge in [-0.1, -0.05) is 6.07 Å². The summed E-state index contributed by atoms with van der Waals surface area (Å²) in [4.78, 5) is 4.60. The molecule has 2 aromatic heterocycles. The van der Waals surface area contributed by atoms with E-state index in [1.807, 2.05) is 24.4 Å². The topological polar surface area (TPSA) is 29.3 Å². The predicted molar refractivity (Wildman–Crippen MR) is 59.9 cm³/mol. The highest BCUT2D eigenvalue weighted by Gasteiger charge is 2.15. The molecule has 1 fully saturated rings. The molecule has 0 spiro atoms. The molecule has 78 valence electrons. The number of nitrogens with zero attached hydrogens (tertiary/aromatic N) is 2. The number of nitrogens with one attached hydrogen (secondary N) is 1. The van der Waals surface area contributed by atoms with Crippen molar-refractivity contribution in [3.8, 4) is 0 Å². The number of aromatic nitrogens is 2. The lowest BCUT2D eigenvalue weighted by Crippen LogP contribution is -2.23. The van der Waals surface area contributed by atoms with Crippen molar-refractivity contribution in [2.24, 2.45) is 0 Å². The van der Waals surface area contributed by atoms with Gasteiger partial charge in [-0.05, 0) is 31.5 Å². The Morgan fingerprint density at radius 2 is 2.47 bits per heavy atom. The average Bonchev–Trinajstić information content (AvgIpc) is 2.86. The first-order valence-electron chi connectivity index (χ1n) is 5.58.